The normalized spacial score (nSPS) is 12.5. The van der Waals surface area contributed by atoms with Crippen molar-refractivity contribution in [3.8, 4) is 11.5 Å². The zero-order valence-electron chi connectivity index (χ0n) is 18.0. The van der Waals surface area contributed by atoms with Gasteiger partial charge in [-0.05, 0) is 52.6 Å². The minimum Gasteiger partial charge on any atom is -0.493 e. The monoisotopic (exact) mass is 456 g/mol. The fraction of sp³-hybridized carbons (Fsp3) is 0.364. The summed E-state index contributed by atoms with van der Waals surface area (Å²) in [4.78, 5) is 14.5. The Morgan fingerprint density at radius 2 is 2.12 bits per heavy atom. The first-order chi connectivity index (χ1) is 15.6. The molecule has 2 aromatic carbocycles. The molecule has 4 rings (SSSR count). The van der Waals surface area contributed by atoms with E-state index in [-0.39, 0.29) is 12.5 Å². The first-order valence-corrected chi connectivity index (χ1v) is 10.9. The summed E-state index contributed by atoms with van der Waals surface area (Å²) in [7, 11) is 1.54. The van der Waals surface area contributed by atoms with Crippen molar-refractivity contribution in [2.45, 2.75) is 32.9 Å². The molecule has 0 aliphatic carbocycles. The number of methoxy groups -OCH3 is 1. The zero-order chi connectivity index (χ0) is 22.5. The highest BCUT2D eigenvalue weighted by Gasteiger charge is 2.25. The van der Waals surface area contributed by atoms with Crippen LogP contribution in [0, 0.1) is 0 Å². The van der Waals surface area contributed by atoms with Crippen LogP contribution >= 0.6 is 11.6 Å². The summed E-state index contributed by atoms with van der Waals surface area (Å²) in [6, 6.07) is 11.5. The number of carbonyl (C=O) groups is 1. The molecule has 1 aromatic heterocycles. The Labute approximate surface area is 191 Å². The lowest BCUT2D eigenvalue weighted by Gasteiger charge is -2.19. The number of rotatable bonds is 9. The van der Waals surface area contributed by atoms with E-state index in [2.05, 4.69) is 27.8 Å². The van der Waals surface area contributed by atoms with Gasteiger partial charge in [0, 0.05) is 25.3 Å². The van der Waals surface area contributed by atoms with Gasteiger partial charge < -0.3 is 19.7 Å². The molecule has 0 saturated carbocycles. The highest BCUT2D eigenvalue weighted by Crippen LogP contribution is 2.37. The van der Waals surface area contributed by atoms with Crippen molar-refractivity contribution in [3.05, 3.63) is 52.5 Å². The van der Waals surface area contributed by atoms with Crippen molar-refractivity contribution < 1.29 is 14.3 Å². The zero-order valence-corrected chi connectivity index (χ0v) is 18.8. The summed E-state index contributed by atoms with van der Waals surface area (Å²) in [5.74, 6) is 1.26. The van der Waals surface area contributed by atoms with E-state index in [1.165, 1.54) is 12.7 Å². The number of amides is 1. The molecule has 1 aliphatic rings. The Balaban J connectivity index is 1.42. The first-order valence-electron chi connectivity index (χ1n) is 10.5. The van der Waals surface area contributed by atoms with Gasteiger partial charge in [-0.1, -0.05) is 41.8 Å². The van der Waals surface area contributed by atoms with Gasteiger partial charge in [-0.2, -0.15) is 0 Å². The molecule has 0 saturated heterocycles. The van der Waals surface area contributed by atoms with Gasteiger partial charge >= 0.3 is 0 Å². The van der Waals surface area contributed by atoms with Crippen LogP contribution in [0.15, 0.2) is 36.4 Å². The first kappa shape index (κ1) is 21.9. The Morgan fingerprint density at radius 3 is 2.94 bits per heavy atom. The molecule has 0 bridgehead atoms. The maximum atomic E-state index is 12.8. The highest BCUT2D eigenvalue weighted by atomic mass is 35.5. The number of benzene rings is 2. The number of nitrogens with zero attached hydrogens (tertiary/aromatic N) is 5. The second-order valence-corrected chi connectivity index (χ2v) is 7.81. The van der Waals surface area contributed by atoms with Gasteiger partial charge in [0.25, 0.3) is 5.91 Å². The van der Waals surface area contributed by atoms with Crippen molar-refractivity contribution in [2.75, 3.05) is 30.5 Å². The van der Waals surface area contributed by atoms with E-state index in [4.69, 9.17) is 21.1 Å². The summed E-state index contributed by atoms with van der Waals surface area (Å²) < 4.78 is 13.0. The number of ether oxygens (including phenoxy) is 2. The lowest BCUT2D eigenvalue weighted by atomic mass is 10.2. The second-order valence-electron chi connectivity index (χ2n) is 7.40. The molecule has 9 nitrogen and oxygen atoms in total. The average molecular weight is 457 g/mol. The van der Waals surface area contributed by atoms with E-state index in [1.54, 1.807) is 15.6 Å². The van der Waals surface area contributed by atoms with Crippen molar-refractivity contribution in [1.29, 1.82) is 0 Å². The van der Waals surface area contributed by atoms with Gasteiger partial charge in [0.15, 0.2) is 18.1 Å². The van der Waals surface area contributed by atoms with E-state index in [0.29, 0.717) is 35.6 Å². The van der Waals surface area contributed by atoms with Crippen LogP contribution in [-0.4, -0.2) is 46.4 Å². The largest absolute Gasteiger partial charge is 0.493 e. The number of tetrazole rings is 1. The van der Waals surface area contributed by atoms with Crippen molar-refractivity contribution in [1.82, 2.24) is 20.2 Å². The number of fused-ring (bicyclic) bond motifs is 1. The standard InChI is InChI=1S/C22H25ClN6O3/c1-3-9-29-22(25-26-27-29)24-13-15-11-17(23)21(19(12-15)31-2)32-14-20(30)28-10-8-16-6-4-5-7-18(16)28/h4-7,11-12H,3,8-10,13-14H2,1-2H3,(H,24,25,27). The molecular formula is C22H25ClN6O3. The Morgan fingerprint density at radius 1 is 1.28 bits per heavy atom. The Kier molecular flexibility index (Phi) is 6.75. The van der Waals surface area contributed by atoms with Crippen LogP contribution < -0.4 is 19.7 Å². The topological polar surface area (TPSA) is 94.4 Å². The van der Waals surface area contributed by atoms with Crippen LogP contribution in [0.5, 0.6) is 11.5 Å². The third kappa shape index (κ3) is 4.62. The number of aromatic nitrogens is 4. The van der Waals surface area contributed by atoms with Gasteiger partial charge in [0.1, 0.15) is 0 Å². The van der Waals surface area contributed by atoms with Crippen molar-refractivity contribution >= 4 is 29.1 Å². The summed E-state index contributed by atoms with van der Waals surface area (Å²) in [5, 5.41) is 15.2. The minimum atomic E-state index is -0.131. The number of anilines is 2. The molecule has 0 atom stereocenters. The molecule has 0 unspecified atom stereocenters. The molecule has 1 aliphatic heterocycles. The third-order valence-electron chi connectivity index (χ3n) is 5.24. The van der Waals surface area contributed by atoms with E-state index >= 15 is 0 Å². The average Bonchev–Trinajstić information content (AvgIpc) is 3.43. The Hall–Kier alpha value is -3.33. The Bertz CT molecular complexity index is 1100. The van der Waals surface area contributed by atoms with Crippen molar-refractivity contribution in [3.63, 3.8) is 0 Å². The molecule has 1 amide bonds. The van der Waals surface area contributed by atoms with Gasteiger partial charge in [0.05, 0.1) is 12.1 Å². The van der Waals surface area contributed by atoms with E-state index in [9.17, 15) is 4.79 Å². The smallest absolute Gasteiger partial charge is 0.264 e. The fourth-order valence-corrected chi connectivity index (χ4v) is 3.99. The molecule has 1 N–H and O–H groups in total. The fourth-order valence-electron chi connectivity index (χ4n) is 3.70. The van der Waals surface area contributed by atoms with Crippen molar-refractivity contribution in [2.24, 2.45) is 0 Å². The van der Waals surface area contributed by atoms with Gasteiger partial charge in [0.2, 0.25) is 5.95 Å². The summed E-state index contributed by atoms with van der Waals surface area (Å²) in [6.45, 7) is 3.75. The van der Waals surface area contributed by atoms with Crippen LogP contribution in [0.3, 0.4) is 0 Å². The molecule has 32 heavy (non-hydrogen) atoms. The third-order valence-corrected chi connectivity index (χ3v) is 5.52. The summed E-state index contributed by atoms with van der Waals surface area (Å²) in [6.07, 6.45) is 1.77. The molecule has 3 aromatic rings. The van der Waals surface area contributed by atoms with Crippen LogP contribution in [0.4, 0.5) is 11.6 Å². The second kappa shape index (κ2) is 9.86. The lowest BCUT2D eigenvalue weighted by molar-refractivity contribution is -0.120. The molecule has 0 fully saturated rings. The van der Waals surface area contributed by atoms with Gasteiger partial charge in [-0.3, -0.25) is 4.79 Å². The maximum absolute atomic E-state index is 12.8. The molecule has 10 heteroatoms. The number of halogens is 1. The van der Waals surface area contributed by atoms with Gasteiger partial charge in [-0.25, -0.2) is 4.68 Å². The van der Waals surface area contributed by atoms with E-state index < -0.39 is 0 Å². The number of para-hydroxylation sites is 1. The van der Waals surface area contributed by atoms with E-state index in [1.807, 2.05) is 30.3 Å². The summed E-state index contributed by atoms with van der Waals surface area (Å²) >= 11 is 6.48. The minimum absolute atomic E-state index is 0.124. The number of hydrogen-bond donors (Lipinski definition) is 1. The molecule has 0 radical (unpaired) electrons. The molecule has 2 heterocycles. The van der Waals surface area contributed by atoms with Crippen LogP contribution in [0.2, 0.25) is 5.02 Å². The van der Waals surface area contributed by atoms with E-state index in [0.717, 1.165) is 30.6 Å². The SMILES string of the molecule is CCCn1nnnc1NCc1cc(Cl)c(OCC(=O)N2CCc3ccccc32)c(OC)c1. The number of carbonyl (C=O) groups excluding carboxylic acids is 1. The summed E-state index contributed by atoms with van der Waals surface area (Å²) in [5.41, 5.74) is 2.97. The van der Waals surface area contributed by atoms with Gasteiger partial charge in [-0.15, -0.1) is 0 Å². The number of aryl methyl sites for hydroxylation is 1. The van der Waals surface area contributed by atoms with Crippen LogP contribution in [0.25, 0.3) is 0 Å². The van der Waals surface area contributed by atoms with Crippen LogP contribution in [-0.2, 0) is 24.3 Å². The molecule has 0 spiro atoms. The predicted octanol–water partition coefficient (Wildman–Crippen LogP) is 3.33. The quantitative estimate of drug-likeness (QED) is 0.527. The maximum Gasteiger partial charge on any atom is 0.264 e. The predicted molar refractivity (Wildman–Crippen MR) is 121 cm³/mol. The van der Waals surface area contributed by atoms with Crippen LogP contribution in [0.1, 0.15) is 24.5 Å². The number of nitrogens with one attached hydrogen (secondary N) is 1. The molecule has 168 valence electrons. The lowest BCUT2D eigenvalue weighted by Crippen LogP contribution is -2.33. The highest BCUT2D eigenvalue weighted by molar-refractivity contribution is 6.32. The number of hydrogen-bond acceptors (Lipinski definition) is 7. The molecular weight excluding hydrogens is 432 g/mol.